The smallest absolute Gasteiger partial charge is 0.0369 e. The number of anilines is 1. The number of nitrogens with one attached hydrogen (secondary N) is 1. The molecule has 1 atom stereocenters. The Labute approximate surface area is 98.7 Å². The van der Waals surface area contributed by atoms with Crippen LogP contribution in [0.25, 0.3) is 0 Å². The first kappa shape index (κ1) is 11.5. The Hall–Kier alpha value is -1.02. The second kappa shape index (κ2) is 5.35. The van der Waals surface area contributed by atoms with Gasteiger partial charge in [0.1, 0.15) is 0 Å². The van der Waals surface area contributed by atoms with E-state index in [4.69, 9.17) is 0 Å². The quantitative estimate of drug-likeness (QED) is 0.835. The maximum absolute atomic E-state index is 3.56. The topological polar surface area (TPSA) is 15.3 Å². The molecule has 88 valence electrons. The Morgan fingerprint density at radius 3 is 2.94 bits per heavy atom. The summed E-state index contributed by atoms with van der Waals surface area (Å²) in [5, 5.41) is 3.56. The molecule has 1 aliphatic rings. The molecule has 16 heavy (non-hydrogen) atoms. The number of benzene rings is 1. The Bertz CT molecular complexity index is 329. The van der Waals surface area contributed by atoms with Crippen LogP contribution in [0.5, 0.6) is 0 Å². The molecule has 1 aromatic rings. The van der Waals surface area contributed by atoms with Gasteiger partial charge in [0.2, 0.25) is 0 Å². The Balaban J connectivity index is 2.03. The normalized spacial score (nSPS) is 20.0. The summed E-state index contributed by atoms with van der Waals surface area (Å²) in [6, 6.07) is 9.48. The standard InChI is InChI=1S/C14H22N2/c1-3-16(11-13-7-5-9-15-13)14-8-4-6-12(2)10-14/h4,6,8,10,13,15H,3,5,7,9,11H2,1-2H3. The first-order chi connectivity index (χ1) is 7.79. The van der Waals surface area contributed by atoms with E-state index >= 15 is 0 Å². The highest BCUT2D eigenvalue weighted by Crippen LogP contribution is 2.17. The van der Waals surface area contributed by atoms with Crippen LogP contribution in [0.2, 0.25) is 0 Å². The van der Waals surface area contributed by atoms with Gasteiger partial charge in [-0.05, 0) is 50.9 Å². The third kappa shape index (κ3) is 2.76. The summed E-state index contributed by atoms with van der Waals surface area (Å²) in [6.07, 6.45) is 2.65. The van der Waals surface area contributed by atoms with Gasteiger partial charge in [0.05, 0.1) is 0 Å². The molecule has 1 heterocycles. The highest BCUT2D eigenvalue weighted by Gasteiger charge is 2.17. The molecule has 1 aromatic carbocycles. The highest BCUT2D eigenvalue weighted by molar-refractivity contribution is 5.48. The van der Waals surface area contributed by atoms with Crippen LogP contribution in [0.4, 0.5) is 5.69 Å². The lowest BCUT2D eigenvalue weighted by Crippen LogP contribution is -2.37. The van der Waals surface area contributed by atoms with E-state index in [0.717, 1.165) is 13.1 Å². The molecule has 0 saturated carbocycles. The predicted molar refractivity (Wildman–Crippen MR) is 70.1 cm³/mol. The van der Waals surface area contributed by atoms with Gasteiger partial charge < -0.3 is 10.2 Å². The average molecular weight is 218 g/mol. The van der Waals surface area contributed by atoms with Crippen molar-refractivity contribution < 1.29 is 0 Å². The van der Waals surface area contributed by atoms with E-state index in [1.807, 2.05) is 0 Å². The van der Waals surface area contributed by atoms with Gasteiger partial charge in [0.15, 0.2) is 0 Å². The molecule has 1 fully saturated rings. The van der Waals surface area contributed by atoms with Gasteiger partial charge in [-0.2, -0.15) is 0 Å². The maximum Gasteiger partial charge on any atom is 0.0369 e. The third-order valence-electron chi connectivity index (χ3n) is 3.35. The van der Waals surface area contributed by atoms with Crippen LogP contribution in [0.15, 0.2) is 24.3 Å². The zero-order valence-electron chi connectivity index (χ0n) is 10.4. The van der Waals surface area contributed by atoms with Crippen molar-refractivity contribution in [1.82, 2.24) is 5.32 Å². The largest absolute Gasteiger partial charge is 0.370 e. The Morgan fingerprint density at radius 2 is 2.31 bits per heavy atom. The summed E-state index contributed by atoms with van der Waals surface area (Å²) < 4.78 is 0. The summed E-state index contributed by atoms with van der Waals surface area (Å²) in [4.78, 5) is 2.47. The highest BCUT2D eigenvalue weighted by atomic mass is 15.2. The van der Waals surface area contributed by atoms with Gasteiger partial charge in [-0.25, -0.2) is 0 Å². The van der Waals surface area contributed by atoms with Crippen LogP contribution in [0.1, 0.15) is 25.3 Å². The molecule has 2 nitrogen and oxygen atoms in total. The van der Waals surface area contributed by atoms with Crippen molar-refractivity contribution >= 4 is 5.69 Å². The Morgan fingerprint density at radius 1 is 1.44 bits per heavy atom. The number of hydrogen-bond donors (Lipinski definition) is 1. The zero-order chi connectivity index (χ0) is 11.4. The fourth-order valence-corrected chi connectivity index (χ4v) is 2.42. The van der Waals surface area contributed by atoms with Crippen LogP contribution in [-0.2, 0) is 0 Å². The lowest BCUT2D eigenvalue weighted by atomic mass is 10.1. The molecule has 2 heteroatoms. The van der Waals surface area contributed by atoms with E-state index in [2.05, 4.69) is 48.3 Å². The monoisotopic (exact) mass is 218 g/mol. The van der Waals surface area contributed by atoms with Crippen LogP contribution in [0, 0.1) is 6.92 Å². The van der Waals surface area contributed by atoms with E-state index in [1.54, 1.807) is 0 Å². The molecule has 1 unspecified atom stereocenters. The van der Waals surface area contributed by atoms with Crippen LogP contribution in [-0.4, -0.2) is 25.7 Å². The van der Waals surface area contributed by atoms with Crippen LogP contribution < -0.4 is 10.2 Å². The minimum absolute atomic E-state index is 0.681. The van der Waals surface area contributed by atoms with E-state index in [-0.39, 0.29) is 0 Å². The van der Waals surface area contributed by atoms with E-state index in [1.165, 1.54) is 30.6 Å². The maximum atomic E-state index is 3.56. The third-order valence-corrected chi connectivity index (χ3v) is 3.35. The summed E-state index contributed by atoms with van der Waals surface area (Å²) in [6.45, 7) is 7.81. The van der Waals surface area contributed by atoms with Crippen molar-refractivity contribution in [3.05, 3.63) is 29.8 Å². The molecule has 1 saturated heterocycles. The number of rotatable bonds is 4. The lowest BCUT2D eigenvalue weighted by molar-refractivity contribution is 0.586. The molecule has 0 spiro atoms. The summed E-state index contributed by atoms with van der Waals surface area (Å²) in [5.41, 5.74) is 2.70. The van der Waals surface area contributed by atoms with Crippen LogP contribution >= 0.6 is 0 Å². The second-order valence-electron chi connectivity index (χ2n) is 4.67. The van der Waals surface area contributed by atoms with E-state index in [0.29, 0.717) is 6.04 Å². The number of likely N-dealkylation sites (N-methyl/N-ethyl adjacent to an activating group) is 1. The van der Waals surface area contributed by atoms with Crippen molar-refractivity contribution in [2.24, 2.45) is 0 Å². The molecule has 0 aliphatic carbocycles. The molecule has 1 N–H and O–H groups in total. The van der Waals surface area contributed by atoms with Gasteiger partial charge in [-0.1, -0.05) is 12.1 Å². The molecular formula is C14H22N2. The Kier molecular flexibility index (Phi) is 3.83. The second-order valence-corrected chi connectivity index (χ2v) is 4.67. The molecule has 1 aliphatic heterocycles. The summed E-state index contributed by atoms with van der Waals surface area (Å²) >= 11 is 0. The van der Waals surface area contributed by atoms with Gasteiger partial charge >= 0.3 is 0 Å². The first-order valence-electron chi connectivity index (χ1n) is 6.34. The van der Waals surface area contributed by atoms with Gasteiger partial charge in [-0.15, -0.1) is 0 Å². The molecule has 0 bridgehead atoms. The average Bonchev–Trinajstić information content (AvgIpc) is 2.78. The van der Waals surface area contributed by atoms with Gasteiger partial charge in [0, 0.05) is 24.8 Å². The van der Waals surface area contributed by atoms with Crippen LogP contribution in [0.3, 0.4) is 0 Å². The number of aryl methyl sites for hydroxylation is 1. The number of hydrogen-bond acceptors (Lipinski definition) is 2. The molecular weight excluding hydrogens is 196 g/mol. The fourth-order valence-electron chi connectivity index (χ4n) is 2.42. The first-order valence-corrected chi connectivity index (χ1v) is 6.34. The summed E-state index contributed by atoms with van der Waals surface area (Å²) in [7, 11) is 0. The number of nitrogens with zero attached hydrogens (tertiary/aromatic N) is 1. The zero-order valence-corrected chi connectivity index (χ0v) is 10.4. The van der Waals surface area contributed by atoms with E-state index in [9.17, 15) is 0 Å². The van der Waals surface area contributed by atoms with Crippen molar-refractivity contribution in [2.45, 2.75) is 32.7 Å². The van der Waals surface area contributed by atoms with Crippen molar-refractivity contribution in [3.8, 4) is 0 Å². The SMILES string of the molecule is CCN(CC1CCCN1)c1cccc(C)c1. The van der Waals surface area contributed by atoms with Gasteiger partial charge in [-0.3, -0.25) is 0 Å². The molecule has 0 radical (unpaired) electrons. The molecule has 2 rings (SSSR count). The van der Waals surface area contributed by atoms with E-state index < -0.39 is 0 Å². The van der Waals surface area contributed by atoms with Crippen molar-refractivity contribution in [2.75, 3.05) is 24.5 Å². The van der Waals surface area contributed by atoms with Crippen molar-refractivity contribution in [3.63, 3.8) is 0 Å². The molecule has 0 amide bonds. The fraction of sp³-hybridized carbons (Fsp3) is 0.571. The predicted octanol–water partition coefficient (Wildman–Crippen LogP) is 2.57. The minimum Gasteiger partial charge on any atom is -0.370 e. The van der Waals surface area contributed by atoms with Gasteiger partial charge in [0.25, 0.3) is 0 Å². The molecule has 0 aromatic heterocycles. The minimum atomic E-state index is 0.681. The van der Waals surface area contributed by atoms with Crippen molar-refractivity contribution in [1.29, 1.82) is 0 Å². The lowest BCUT2D eigenvalue weighted by Gasteiger charge is -2.26. The summed E-state index contributed by atoms with van der Waals surface area (Å²) in [5.74, 6) is 0.